The van der Waals surface area contributed by atoms with E-state index in [1.807, 2.05) is 0 Å². The normalized spacial score (nSPS) is 26.8. The van der Waals surface area contributed by atoms with Gasteiger partial charge >= 0.3 is 0 Å². The van der Waals surface area contributed by atoms with Crippen LogP contribution in [-0.2, 0) is 4.74 Å². The summed E-state index contributed by atoms with van der Waals surface area (Å²) in [6.07, 6.45) is 3.93. The molecule has 0 saturated carbocycles. The summed E-state index contributed by atoms with van der Waals surface area (Å²) in [5, 5.41) is 3.53. The molecule has 4 heteroatoms. The van der Waals surface area contributed by atoms with Gasteiger partial charge in [-0.3, -0.25) is 4.90 Å². The Morgan fingerprint density at radius 1 is 1.17 bits per heavy atom. The van der Waals surface area contributed by atoms with E-state index in [9.17, 15) is 0 Å². The molecule has 0 spiro atoms. The van der Waals surface area contributed by atoms with Gasteiger partial charge in [-0.1, -0.05) is 13.3 Å². The van der Waals surface area contributed by atoms with Gasteiger partial charge in [0.1, 0.15) is 0 Å². The van der Waals surface area contributed by atoms with Gasteiger partial charge in [-0.25, -0.2) is 0 Å². The number of morpholine rings is 1. The molecule has 1 N–H and O–H groups in total. The second-order valence-electron chi connectivity index (χ2n) is 5.50. The minimum atomic E-state index is 0.782. The molecule has 106 valence electrons. The third kappa shape index (κ3) is 4.50. The minimum Gasteiger partial charge on any atom is -0.379 e. The van der Waals surface area contributed by atoms with Crippen LogP contribution in [0.25, 0.3) is 0 Å². The van der Waals surface area contributed by atoms with E-state index in [4.69, 9.17) is 4.74 Å². The lowest BCUT2D eigenvalue weighted by atomic mass is 10.2. The molecule has 0 aromatic heterocycles. The molecular formula is C14H29N3O. The van der Waals surface area contributed by atoms with Gasteiger partial charge in [-0.05, 0) is 25.9 Å². The molecule has 2 aliphatic rings. The highest BCUT2D eigenvalue weighted by Crippen LogP contribution is 2.16. The summed E-state index contributed by atoms with van der Waals surface area (Å²) >= 11 is 0. The Hall–Kier alpha value is -0.160. The van der Waals surface area contributed by atoms with Gasteiger partial charge in [0.25, 0.3) is 0 Å². The van der Waals surface area contributed by atoms with E-state index in [0.29, 0.717) is 0 Å². The zero-order valence-corrected chi connectivity index (χ0v) is 11.9. The van der Waals surface area contributed by atoms with Gasteiger partial charge in [0.15, 0.2) is 0 Å². The van der Waals surface area contributed by atoms with Crippen molar-refractivity contribution in [1.29, 1.82) is 0 Å². The first kappa shape index (κ1) is 14.3. The third-order valence-electron chi connectivity index (χ3n) is 4.12. The number of hydrogen-bond donors (Lipinski definition) is 1. The van der Waals surface area contributed by atoms with E-state index in [2.05, 4.69) is 22.0 Å². The van der Waals surface area contributed by atoms with Crippen molar-refractivity contribution in [2.75, 3.05) is 59.0 Å². The molecule has 0 radical (unpaired) electrons. The quantitative estimate of drug-likeness (QED) is 0.681. The van der Waals surface area contributed by atoms with Crippen molar-refractivity contribution in [3.8, 4) is 0 Å². The maximum absolute atomic E-state index is 5.42. The van der Waals surface area contributed by atoms with E-state index < -0.39 is 0 Å². The summed E-state index contributed by atoms with van der Waals surface area (Å²) in [6, 6.07) is 0.782. The van der Waals surface area contributed by atoms with Gasteiger partial charge in [0, 0.05) is 38.8 Å². The predicted octanol–water partition coefficient (Wildman–Crippen LogP) is 0.783. The minimum absolute atomic E-state index is 0.782. The Balaban J connectivity index is 1.56. The molecule has 0 amide bonds. The Morgan fingerprint density at radius 2 is 2.00 bits per heavy atom. The summed E-state index contributed by atoms with van der Waals surface area (Å²) in [4.78, 5) is 5.23. The van der Waals surface area contributed by atoms with E-state index in [-0.39, 0.29) is 0 Å². The zero-order chi connectivity index (χ0) is 12.6. The fraction of sp³-hybridized carbons (Fsp3) is 1.00. The molecule has 2 heterocycles. The molecule has 1 atom stereocenters. The zero-order valence-electron chi connectivity index (χ0n) is 11.9. The van der Waals surface area contributed by atoms with Crippen molar-refractivity contribution in [2.45, 2.75) is 32.2 Å². The molecular weight excluding hydrogens is 226 g/mol. The highest BCUT2D eigenvalue weighted by Gasteiger charge is 2.28. The molecule has 0 aromatic carbocycles. The van der Waals surface area contributed by atoms with Gasteiger partial charge in [0.05, 0.1) is 13.2 Å². The average Bonchev–Trinajstić information content (AvgIpc) is 2.88. The molecule has 0 aromatic rings. The number of nitrogens with zero attached hydrogens (tertiary/aromatic N) is 2. The highest BCUT2D eigenvalue weighted by molar-refractivity contribution is 4.84. The second-order valence-corrected chi connectivity index (χ2v) is 5.50. The molecule has 2 rings (SSSR count). The van der Waals surface area contributed by atoms with Crippen molar-refractivity contribution >= 4 is 0 Å². The smallest absolute Gasteiger partial charge is 0.0594 e. The molecule has 2 fully saturated rings. The van der Waals surface area contributed by atoms with Crippen LogP contribution in [0.2, 0.25) is 0 Å². The maximum atomic E-state index is 5.42. The predicted molar refractivity (Wildman–Crippen MR) is 75.0 cm³/mol. The summed E-state index contributed by atoms with van der Waals surface area (Å²) in [7, 11) is 0. The number of hydrogen-bond acceptors (Lipinski definition) is 4. The summed E-state index contributed by atoms with van der Waals surface area (Å²) in [5.74, 6) is 0. The largest absolute Gasteiger partial charge is 0.379 e. The number of likely N-dealkylation sites (tertiary alicyclic amines) is 1. The van der Waals surface area contributed by atoms with Gasteiger partial charge in [-0.2, -0.15) is 0 Å². The topological polar surface area (TPSA) is 27.7 Å². The molecule has 18 heavy (non-hydrogen) atoms. The highest BCUT2D eigenvalue weighted by atomic mass is 16.5. The van der Waals surface area contributed by atoms with Crippen LogP contribution >= 0.6 is 0 Å². The number of nitrogens with one attached hydrogen (secondary N) is 1. The van der Waals surface area contributed by atoms with Crippen LogP contribution in [0.1, 0.15) is 26.2 Å². The lowest BCUT2D eigenvalue weighted by Gasteiger charge is -2.32. The first-order chi connectivity index (χ1) is 8.90. The molecule has 2 saturated heterocycles. The monoisotopic (exact) mass is 255 g/mol. The molecule has 0 bridgehead atoms. The summed E-state index contributed by atoms with van der Waals surface area (Å²) < 4.78 is 5.42. The van der Waals surface area contributed by atoms with E-state index in [1.54, 1.807) is 0 Å². The lowest BCUT2D eigenvalue weighted by Crippen LogP contribution is -2.45. The molecule has 2 aliphatic heterocycles. The van der Waals surface area contributed by atoms with E-state index >= 15 is 0 Å². The van der Waals surface area contributed by atoms with Crippen molar-refractivity contribution in [2.24, 2.45) is 0 Å². The van der Waals surface area contributed by atoms with Crippen molar-refractivity contribution in [1.82, 2.24) is 15.1 Å². The van der Waals surface area contributed by atoms with Crippen LogP contribution in [0.15, 0.2) is 0 Å². The van der Waals surface area contributed by atoms with Crippen LogP contribution in [0, 0.1) is 0 Å². The van der Waals surface area contributed by atoms with Gasteiger partial charge in [0.2, 0.25) is 0 Å². The number of rotatable bonds is 7. The van der Waals surface area contributed by atoms with Crippen LogP contribution < -0.4 is 5.32 Å². The Labute approximate surface area is 112 Å². The fourth-order valence-electron chi connectivity index (χ4n) is 2.92. The van der Waals surface area contributed by atoms with E-state index in [0.717, 1.165) is 38.9 Å². The Bertz CT molecular complexity index is 219. The summed E-state index contributed by atoms with van der Waals surface area (Å²) in [6.45, 7) is 12.4. The van der Waals surface area contributed by atoms with Crippen LogP contribution in [0.3, 0.4) is 0 Å². The SMILES string of the molecule is CCCCNCCN1CCC(N2CCOCC2)C1. The van der Waals surface area contributed by atoms with Crippen molar-refractivity contribution in [3.63, 3.8) is 0 Å². The fourth-order valence-corrected chi connectivity index (χ4v) is 2.92. The van der Waals surface area contributed by atoms with Crippen LogP contribution in [0.4, 0.5) is 0 Å². The van der Waals surface area contributed by atoms with Crippen LogP contribution in [0.5, 0.6) is 0 Å². The Morgan fingerprint density at radius 3 is 2.78 bits per heavy atom. The average molecular weight is 255 g/mol. The van der Waals surface area contributed by atoms with Gasteiger partial charge < -0.3 is 15.0 Å². The first-order valence-electron chi connectivity index (χ1n) is 7.65. The number of unbranched alkanes of at least 4 members (excludes halogenated alkanes) is 1. The lowest BCUT2D eigenvalue weighted by molar-refractivity contribution is 0.0185. The number of ether oxygens (including phenoxy) is 1. The van der Waals surface area contributed by atoms with Gasteiger partial charge in [-0.15, -0.1) is 0 Å². The van der Waals surface area contributed by atoms with Crippen molar-refractivity contribution < 1.29 is 4.74 Å². The van der Waals surface area contributed by atoms with Crippen LogP contribution in [-0.4, -0.2) is 74.9 Å². The first-order valence-corrected chi connectivity index (χ1v) is 7.65. The van der Waals surface area contributed by atoms with Crippen molar-refractivity contribution in [3.05, 3.63) is 0 Å². The second kappa shape index (κ2) is 8.10. The molecule has 1 unspecified atom stereocenters. The molecule has 4 nitrogen and oxygen atoms in total. The molecule has 0 aliphatic carbocycles. The third-order valence-corrected chi connectivity index (χ3v) is 4.12. The maximum Gasteiger partial charge on any atom is 0.0594 e. The summed E-state index contributed by atoms with van der Waals surface area (Å²) in [5.41, 5.74) is 0. The standard InChI is InChI=1S/C14H29N3O/c1-2-3-5-15-6-8-16-7-4-14(13-16)17-9-11-18-12-10-17/h14-15H,2-13H2,1H3. The Kier molecular flexibility index (Phi) is 6.41. The van der Waals surface area contributed by atoms with E-state index in [1.165, 1.54) is 45.4 Å².